The number of halogens is 1. The molecule has 0 aliphatic rings. The first-order valence-electron chi connectivity index (χ1n) is 5.72. The van der Waals surface area contributed by atoms with Gasteiger partial charge in [-0.2, -0.15) is 0 Å². The van der Waals surface area contributed by atoms with Gasteiger partial charge in [0.25, 0.3) is 0 Å². The van der Waals surface area contributed by atoms with E-state index >= 15 is 0 Å². The van der Waals surface area contributed by atoms with Crippen molar-refractivity contribution >= 4 is 0 Å². The molecule has 1 aromatic carbocycles. The highest BCUT2D eigenvalue weighted by Crippen LogP contribution is 2.09. The predicted molar refractivity (Wildman–Crippen MR) is 65.7 cm³/mol. The van der Waals surface area contributed by atoms with Crippen LogP contribution in [0, 0.1) is 18.7 Å². The number of nitrogens with two attached hydrogens (primary N) is 1. The minimum Gasteiger partial charge on any atom is -0.329 e. The monoisotopic (exact) mass is 224 g/mol. The molecule has 2 nitrogen and oxygen atoms in total. The van der Waals surface area contributed by atoms with Gasteiger partial charge in [-0.05, 0) is 36.1 Å². The lowest BCUT2D eigenvalue weighted by atomic mass is 10.0. The van der Waals surface area contributed by atoms with Gasteiger partial charge in [0.1, 0.15) is 5.82 Å². The van der Waals surface area contributed by atoms with Crippen molar-refractivity contribution in [1.29, 1.82) is 0 Å². The van der Waals surface area contributed by atoms with Crippen molar-refractivity contribution in [3.8, 4) is 0 Å². The lowest BCUT2D eigenvalue weighted by Crippen LogP contribution is -2.39. The Balaban J connectivity index is 2.60. The molecule has 3 N–H and O–H groups in total. The summed E-state index contributed by atoms with van der Waals surface area (Å²) in [7, 11) is 0. The average Bonchev–Trinajstić information content (AvgIpc) is 2.16. The molecule has 1 unspecified atom stereocenters. The van der Waals surface area contributed by atoms with E-state index in [-0.39, 0.29) is 11.9 Å². The molecule has 0 fully saturated rings. The molecule has 0 saturated heterocycles. The van der Waals surface area contributed by atoms with Gasteiger partial charge in [0.05, 0.1) is 0 Å². The molecule has 90 valence electrons. The van der Waals surface area contributed by atoms with Gasteiger partial charge in [-0.1, -0.05) is 19.9 Å². The summed E-state index contributed by atoms with van der Waals surface area (Å²) in [5.41, 5.74) is 7.58. The minimum atomic E-state index is -0.175. The molecule has 16 heavy (non-hydrogen) atoms. The second kappa shape index (κ2) is 5.97. The first-order valence-corrected chi connectivity index (χ1v) is 5.72. The third-order valence-corrected chi connectivity index (χ3v) is 2.73. The number of rotatable bonds is 5. The second-order valence-corrected chi connectivity index (χ2v) is 4.60. The fraction of sp³-hybridized carbons (Fsp3) is 0.538. The summed E-state index contributed by atoms with van der Waals surface area (Å²) in [4.78, 5) is 0. The number of hydrogen-bond donors (Lipinski definition) is 2. The van der Waals surface area contributed by atoms with Gasteiger partial charge in [-0.3, -0.25) is 0 Å². The SMILES string of the molecule is Cc1cc(F)cc(CNC(CN)C(C)C)c1. The summed E-state index contributed by atoms with van der Waals surface area (Å²) in [6.45, 7) is 7.42. The maximum absolute atomic E-state index is 13.1. The Labute approximate surface area is 97.0 Å². The summed E-state index contributed by atoms with van der Waals surface area (Å²) in [5.74, 6) is 0.310. The largest absolute Gasteiger partial charge is 0.329 e. The van der Waals surface area contributed by atoms with Gasteiger partial charge in [-0.25, -0.2) is 4.39 Å². The van der Waals surface area contributed by atoms with Crippen molar-refractivity contribution in [2.24, 2.45) is 11.7 Å². The first kappa shape index (κ1) is 13.1. The van der Waals surface area contributed by atoms with Gasteiger partial charge in [0.15, 0.2) is 0 Å². The van der Waals surface area contributed by atoms with Gasteiger partial charge in [0.2, 0.25) is 0 Å². The molecular weight excluding hydrogens is 203 g/mol. The predicted octanol–water partition coefficient (Wildman–Crippen LogP) is 2.21. The second-order valence-electron chi connectivity index (χ2n) is 4.60. The third kappa shape index (κ3) is 3.91. The van der Waals surface area contributed by atoms with Crippen LogP contribution < -0.4 is 11.1 Å². The molecule has 0 aromatic heterocycles. The number of nitrogens with one attached hydrogen (secondary N) is 1. The molecule has 0 aliphatic heterocycles. The van der Waals surface area contributed by atoms with Crippen molar-refractivity contribution in [2.75, 3.05) is 6.54 Å². The highest BCUT2D eigenvalue weighted by molar-refractivity contribution is 5.23. The molecule has 1 rings (SSSR count). The summed E-state index contributed by atoms with van der Waals surface area (Å²) in [6, 6.07) is 5.37. The molecule has 3 heteroatoms. The Kier molecular flexibility index (Phi) is 4.90. The smallest absolute Gasteiger partial charge is 0.123 e. The van der Waals surface area contributed by atoms with E-state index in [1.165, 1.54) is 6.07 Å². The zero-order valence-electron chi connectivity index (χ0n) is 10.3. The molecule has 0 saturated carbocycles. The minimum absolute atomic E-state index is 0.175. The fourth-order valence-corrected chi connectivity index (χ4v) is 1.75. The Morgan fingerprint density at radius 3 is 2.50 bits per heavy atom. The summed E-state index contributed by atoms with van der Waals surface area (Å²) in [6.07, 6.45) is 0. The highest BCUT2D eigenvalue weighted by atomic mass is 19.1. The molecule has 1 aromatic rings. The van der Waals surface area contributed by atoms with E-state index < -0.39 is 0 Å². The summed E-state index contributed by atoms with van der Waals surface area (Å²) >= 11 is 0. The Morgan fingerprint density at radius 1 is 1.31 bits per heavy atom. The molecule has 0 spiro atoms. The van der Waals surface area contributed by atoms with Crippen LogP contribution in [0.3, 0.4) is 0 Å². The van der Waals surface area contributed by atoms with Crippen molar-refractivity contribution in [1.82, 2.24) is 5.32 Å². The quantitative estimate of drug-likeness (QED) is 0.804. The molecule has 0 amide bonds. The van der Waals surface area contributed by atoms with Crippen LogP contribution in [-0.2, 0) is 6.54 Å². The molecule has 0 radical (unpaired) electrons. The standard InChI is InChI=1S/C13H21FN2/c1-9(2)13(7-15)16-8-11-4-10(3)5-12(14)6-11/h4-6,9,13,16H,7-8,15H2,1-3H3. The van der Waals surface area contributed by atoms with Crippen LogP contribution in [0.15, 0.2) is 18.2 Å². The third-order valence-electron chi connectivity index (χ3n) is 2.73. The van der Waals surface area contributed by atoms with Gasteiger partial charge >= 0.3 is 0 Å². The van der Waals surface area contributed by atoms with E-state index in [9.17, 15) is 4.39 Å². The molecule has 0 bridgehead atoms. The number of benzene rings is 1. The van der Waals surface area contributed by atoms with Crippen LogP contribution in [0.5, 0.6) is 0 Å². The zero-order valence-corrected chi connectivity index (χ0v) is 10.3. The van der Waals surface area contributed by atoms with Crippen LogP contribution in [0.2, 0.25) is 0 Å². The van der Waals surface area contributed by atoms with Crippen LogP contribution in [0.1, 0.15) is 25.0 Å². The van der Waals surface area contributed by atoms with Gasteiger partial charge in [-0.15, -0.1) is 0 Å². The lowest BCUT2D eigenvalue weighted by Gasteiger charge is -2.20. The van der Waals surface area contributed by atoms with Crippen molar-refractivity contribution < 1.29 is 4.39 Å². The highest BCUT2D eigenvalue weighted by Gasteiger charge is 2.10. The molecule has 0 heterocycles. The van der Waals surface area contributed by atoms with Crippen LogP contribution >= 0.6 is 0 Å². The molecule has 0 aliphatic carbocycles. The van der Waals surface area contributed by atoms with E-state index in [1.807, 2.05) is 13.0 Å². The Hall–Kier alpha value is -0.930. The van der Waals surface area contributed by atoms with Gasteiger partial charge < -0.3 is 11.1 Å². The average molecular weight is 224 g/mol. The first-order chi connectivity index (χ1) is 7.52. The van der Waals surface area contributed by atoms with E-state index in [0.29, 0.717) is 19.0 Å². The van der Waals surface area contributed by atoms with Crippen LogP contribution in [-0.4, -0.2) is 12.6 Å². The number of hydrogen-bond acceptors (Lipinski definition) is 2. The van der Waals surface area contributed by atoms with Crippen molar-refractivity contribution in [3.63, 3.8) is 0 Å². The van der Waals surface area contributed by atoms with Crippen LogP contribution in [0.25, 0.3) is 0 Å². The topological polar surface area (TPSA) is 38.0 Å². The molecule has 1 atom stereocenters. The van der Waals surface area contributed by atoms with E-state index in [0.717, 1.165) is 11.1 Å². The fourth-order valence-electron chi connectivity index (χ4n) is 1.75. The molecular formula is C13H21FN2. The zero-order chi connectivity index (χ0) is 12.1. The summed E-state index contributed by atoms with van der Waals surface area (Å²) < 4.78 is 13.1. The van der Waals surface area contributed by atoms with E-state index in [1.54, 1.807) is 6.07 Å². The normalized spacial score (nSPS) is 13.1. The van der Waals surface area contributed by atoms with Gasteiger partial charge in [0, 0.05) is 19.1 Å². The van der Waals surface area contributed by atoms with E-state index in [2.05, 4.69) is 19.2 Å². The Bertz CT molecular complexity index is 316. The van der Waals surface area contributed by atoms with Crippen molar-refractivity contribution in [2.45, 2.75) is 33.4 Å². The lowest BCUT2D eigenvalue weighted by molar-refractivity contribution is 0.404. The number of aryl methyl sites for hydroxylation is 1. The summed E-state index contributed by atoms with van der Waals surface area (Å²) in [5, 5.41) is 3.35. The van der Waals surface area contributed by atoms with Crippen molar-refractivity contribution in [3.05, 3.63) is 35.1 Å². The van der Waals surface area contributed by atoms with Crippen LogP contribution in [0.4, 0.5) is 4.39 Å². The maximum atomic E-state index is 13.1. The maximum Gasteiger partial charge on any atom is 0.123 e. The Morgan fingerprint density at radius 2 is 2.00 bits per heavy atom. The van der Waals surface area contributed by atoms with E-state index in [4.69, 9.17) is 5.73 Å².